The molecule has 1 aromatic heterocycles. The topological polar surface area (TPSA) is 98.7 Å². The molecule has 12 heteroatoms. The summed E-state index contributed by atoms with van der Waals surface area (Å²) in [6.45, 7) is 5.23. The van der Waals surface area contributed by atoms with Gasteiger partial charge in [-0.2, -0.15) is 4.39 Å². The van der Waals surface area contributed by atoms with E-state index >= 15 is 0 Å². The normalized spacial score (nSPS) is 16.7. The predicted molar refractivity (Wildman–Crippen MR) is 147 cm³/mol. The number of hydrogen-bond donors (Lipinski definition) is 1. The lowest BCUT2D eigenvalue weighted by atomic mass is 10.00. The van der Waals surface area contributed by atoms with Crippen LogP contribution in [0.5, 0.6) is 0 Å². The van der Waals surface area contributed by atoms with Crippen molar-refractivity contribution in [2.75, 3.05) is 47.2 Å². The second kappa shape index (κ2) is 10.7. The molecule has 2 aromatic carbocycles. The van der Waals surface area contributed by atoms with Gasteiger partial charge in [-0.15, -0.1) is 10.2 Å². The van der Waals surface area contributed by atoms with Crippen LogP contribution in [-0.4, -0.2) is 68.2 Å². The van der Waals surface area contributed by atoms with Gasteiger partial charge in [-0.05, 0) is 79.9 Å². The highest BCUT2D eigenvalue weighted by atomic mass is 35.5. The van der Waals surface area contributed by atoms with E-state index in [1.807, 2.05) is 30.0 Å². The number of sulfonamides is 1. The minimum absolute atomic E-state index is 0. The minimum atomic E-state index is -3.90. The number of anilines is 3. The number of nitrogens with zero attached hydrogens (tertiary/aromatic N) is 5. The van der Waals surface area contributed by atoms with Crippen LogP contribution in [0, 0.1) is 5.95 Å². The van der Waals surface area contributed by atoms with E-state index in [4.69, 9.17) is 11.6 Å². The van der Waals surface area contributed by atoms with Crippen molar-refractivity contribution in [2.24, 2.45) is 0 Å². The smallest absolute Gasteiger partial charge is 0.263 e. The predicted octanol–water partition coefficient (Wildman–Crippen LogP) is 3.81. The third-order valence-electron chi connectivity index (χ3n) is 7.00. The number of halogens is 2. The fourth-order valence-electron chi connectivity index (χ4n) is 4.98. The standard InChI is InChI=1S/C26H28ClFN6O3S.H2/c1-18(34-12-2-3-19-17-20(27)4-9-23(19)34)26(35)33-15-13-32(14-16-33)21-5-7-22(8-6-21)38(36,37)31-25-11-10-24(28)29-30-25;/h4-11,17-18H,2-3,12-16H2,1H3,(H,30,31);1H/t18-;/m1./s1. The lowest BCUT2D eigenvalue weighted by Gasteiger charge is -2.41. The summed E-state index contributed by atoms with van der Waals surface area (Å²) in [5, 5.41) is 7.42. The third-order valence-corrected chi connectivity index (χ3v) is 8.60. The van der Waals surface area contributed by atoms with Crippen LogP contribution in [0.1, 0.15) is 20.3 Å². The lowest BCUT2D eigenvalue weighted by Crippen LogP contribution is -2.55. The summed E-state index contributed by atoms with van der Waals surface area (Å²) in [6.07, 6.45) is 1.94. The Balaban J connectivity index is 0.00000353. The maximum absolute atomic E-state index is 13.4. The molecule has 0 bridgehead atoms. The first kappa shape index (κ1) is 26.2. The van der Waals surface area contributed by atoms with Gasteiger partial charge in [0.05, 0.1) is 4.90 Å². The molecule has 202 valence electrons. The van der Waals surface area contributed by atoms with E-state index in [1.165, 1.54) is 23.8 Å². The number of piperazine rings is 1. The van der Waals surface area contributed by atoms with Crippen LogP contribution in [0.4, 0.5) is 21.6 Å². The Morgan fingerprint density at radius 3 is 2.45 bits per heavy atom. The van der Waals surface area contributed by atoms with E-state index in [9.17, 15) is 17.6 Å². The average Bonchev–Trinajstić information content (AvgIpc) is 2.93. The van der Waals surface area contributed by atoms with Gasteiger partial charge in [0.2, 0.25) is 11.9 Å². The van der Waals surface area contributed by atoms with Gasteiger partial charge >= 0.3 is 0 Å². The zero-order valence-electron chi connectivity index (χ0n) is 20.8. The molecule has 0 spiro atoms. The molecule has 0 aliphatic carbocycles. The quantitative estimate of drug-likeness (QED) is 0.489. The number of carbonyl (C=O) groups excluding carboxylic acids is 1. The average molecular weight is 561 g/mol. The van der Waals surface area contributed by atoms with E-state index in [2.05, 4.69) is 24.7 Å². The number of amides is 1. The number of carbonyl (C=O) groups is 1. The number of benzene rings is 2. The van der Waals surface area contributed by atoms with Gasteiger partial charge in [-0.3, -0.25) is 9.52 Å². The molecule has 1 atom stereocenters. The van der Waals surface area contributed by atoms with Crippen molar-refractivity contribution in [3.63, 3.8) is 0 Å². The zero-order valence-corrected chi connectivity index (χ0v) is 22.4. The first-order valence-electron chi connectivity index (χ1n) is 12.4. The van der Waals surface area contributed by atoms with Crippen LogP contribution in [0.25, 0.3) is 0 Å². The second-order valence-corrected chi connectivity index (χ2v) is 11.5. The Bertz CT molecular complexity index is 1420. The third kappa shape index (κ3) is 5.53. The molecule has 9 nitrogen and oxygen atoms in total. The Hall–Kier alpha value is -3.44. The Kier molecular flexibility index (Phi) is 7.40. The van der Waals surface area contributed by atoms with Gasteiger partial charge in [0.1, 0.15) is 6.04 Å². The molecule has 3 heterocycles. The van der Waals surface area contributed by atoms with Gasteiger partial charge in [-0.1, -0.05) is 11.6 Å². The Morgan fingerprint density at radius 2 is 1.76 bits per heavy atom. The molecule has 38 heavy (non-hydrogen) atoms. The molecule has 1 N–H and O–H groups in total. The zero-order chi connectivity index (χ0) is 26.9. The van der Waals surface area contributed by atoms with Gasteiger partial charge in [0, 0.05) is 50.5 Å². The first-order chi connectivity index (χ1) is 18.2. The Morgan fingerprint density at radius 1 is 1.03 bits per heavy atom. The maximum atomic E-state index is 13.4. The summed E-state index contributed by atoms with van der Waals surface area (Å²) in [5.74, 6) is -0.762. The molecule has 1 fully saturated rings. The monoisotopic (exact) mass is 560 g/mol. The number of aryl methyl sites for hydroxylation is 1. The summed E-state index contributed by atoms with van der Waals surface area (Å²) in [4.78, 5) is 19.6. The van der Waals surface area contributed by atoms with Crippen molar-refractivity contribution in [3.05, 3.63) is 71.1 Å². The lowest BCUT2D eigenvalue weighted by molar-refractivity contribution is -0.132. The minimum Gasteiger partial charge on any atom is -0.368 e. The van der Waals surface area contributed by atoms with Crippen LogP contribution in [-0.2, 0) is 21.2 Å². The number of nitrogens with one attached hydrogen (secondary N) is 1. The van der Waals surface area contributed by atoms with E-state index in [0.717, 1.165) is 36.8 Å². The van der Waals surface area contributed by atoms with Gasteiger partial charge in [0.25, 0.3) is 10.0 Å². The van der Waals surface area contributed by atoms with Gasteiger partial charge in [0.15, 0.2) is 5.82 Å². The van der Waals surface area contributed by atoms with E-state index in [1.54, 1.807) is 12.1 Å². The number of hydrogen-bond acceptors (Lipinski definition) is 7. The second-order valence-electron chi connectivity index (χ2n) is 9.40. The van der Waals surface area contributed by atoms with Crippen molar-refractivity contribution in [3.8, 4) is 0 Å². The van der Waals surface area contributed by atoms with Crippen LogP contribution in [0.15, 0.2) is 59.5 Å². The molecule has 5 rings (SSSR count). The first-order valence-corrected chi connectivity index (χ1v) is 14.3. The van der Waals surface area contributed by atoms with Crippen molar-refractivity contribution >= 4 is 44.7 Å². The molecular weight excluding hydrogens is 531 g/mol. The van der Waals surface area contributed by atoms with Crippen LogP contribution < -0.4 is 14.5 Å². The van der Waals surface area contributed by atoms with Crippen LogP contribution in [0.2, 0.25) is 5.02 Å². The highest BCUT2D eigenvalue weighted by Crippen LogP contribution is 2.31. The molecule has 2 aliphatic heterocycles. The highest BCUT2D eigenvalue weighted by molar-refractivity contribution is 7.92. The molecule has 1 saturated heterocycles. The fourth-order valence-corrected chi connectivity index (χ4v) is 6.17. The summed E-state index contributed by atoms with van der Waals surface area (Å²) in [6, 6.07) is 14.3. The number of fused-ring (bicyclic) bond motifs is 1. The van der Waals surface area contributed by atoms with Crippen LogP contribution in [0.3, 0.4) is 0 Å². The van der Waals surface area contributed by atoms with Crippen molar-refractivity contribution in [2.45, 2.75) is 30.7 Å². The molecule has 0 radical (unpaired) electrons. The SMILES string of the molecule is C[C@H](C(=O)N1CCN(c2ccc(S(=O)(=O)Nc3ccc(F)nn3)cc2)CC1)N1CCCc2cc(Cl)ccc21.[HH]. The van der Waals surface area contributed by atoms with E-state index in [0.29, 0.717) is 31.2 Å². The number of rotatable bonds is 6. The number of aromatic nitrogens is 2. The summed E-state index contributed by atoms with van der Waals surface area (Å²) >= 11 is 6.17. The summed E-state index contributed by atoms with van der Waals surface area (Å²) < 4.78 is 40.5. The molecule has 1 amide bonds. The molecule has 0 unspecified atom stereocenters. The maximum Gasteiger partial charge on any atom is 0.263 e. The van der Waals surface area contributed by atoms with Crippen molar-refractivity contribution in [1.29, 1.82) is 0 Å². The van der Waals surface area contributed by atoms with Crippen molar-refractivity contribution in [1.82, 2.24) is 15.1 Å². The largest absolute Gasteiger partial charge is 0.368 e. The van der Waals surface area contributed by atoms with E-state index < -0.39 is 16.0 Å². The van der Waals surface area contributed by atoms with Crippen LogP contribution >= 0.6 is 11.6 Å². The Labute approximate surface area is 227 Å². The molecule has 0 saturated carbocycles. The van der Waals surface area contributed by atoms with Gasteiger partial charge < -0.3 is 14.7 Å². The molecule has 3 aromatic rings. The summed E-state index contributed by atoms with van der Waals surface area (Å²) in [7, 11) is -3.90. The molecule has 2 aliphatic rings. The fraction of sp³-hybridized carbons (Fsp3) is 0.346. The molecular formula is C26H30ClFN6O3S. The summed E-state index contributed by atoms with van der Waals surface area (Å²) in [5.41, 5.74) is 3.13. The highest BCUT2D eigenvalue weighted by Gasteiger charge is 2.31. The van der Waals surface area contributed by atoms with E-state index in [-0.39, 0.29) is 24.1 Å². The van der Waals surface area contributed by atoms with Crippen molar-refractivity contribution < 1.29 is 19.0 Å². The van der Waals surface area contributed by atoms with Gasteiger partial charge in [-0.25, -0.2) is 8.42 Å².